The molecule has 168 valence electrons. The zero-order valence-electron chi connectivity index (χ0n) is 19.3. The summed E-state index contributed by atoms with van der Waals surface area (Å²) in [4.78, 5) is 42.0. The van der Waals surface area contributed by atoms with E-state index in [2.05, 4.69) is 0 Å². The van der Waals surface area contributed by atoms with Crippen molar-refractivity contribution >= 4 is 22.5 Å². The second-order valence-corrected chi connectivity index (χ2v) is 8.35. The fourth-order valence-electron chi connectivity index (χ4n) is 4.30. The quantitative estimate of drug-likeness (QED) is 0.468. The number of para-hydroxylation sites is 1. The zero-order valence-corrected chi connectivity index (χ0v) is 19.3. The number of nitrogens with zero attached hydrogens (tertiary/aromatic N) is 3. The topological polar surface area (TPSA) is 64.3 Å². The third kappa shape index (κ3) is 4.24. The van der Waals surface area contributed by atoms with Gasteiger partial charge in [0.15, 0.2) is 0 Å². The van der Waals surface area contributed by atoms with Crippen LogP contribution in [0.25, 0.3) is 16.6 Å². The average Bonchev–Trinajstić information content (AvgIpc) is 2.77. The molecule has 0 unspecified atom stereocenters. The molecule has 0 atom stereocenters. The van der Waals surface area contributed by atoms with Gasteiger partial charge in [-0.2, -0.15) is 0 Å². The van der Waals surface area contributed by atoms with Gasteiger partial charge in [0.1, 0.15) is 6.54 Å². The first-order valence-electron chi connectivity index (χ1n) is 11.0. The van der Waals surface area contributed by atoms with Gasteiger partial charge < -0.3 is 4.90 Å². The molecule has 1 amide bonds. The first kappa shape index (κ1) is 22.3. The van der Waals surface area contributed by atoms with Crippen LogP contribution in [0.2, 0.25) is 0 Å². The van der Waals surface area contributed by atoms with Gasteiger partial charge in [-0.25, -0.2) is 9.36 Å². The van der Waals surface area contributed by atoms with E-state index in [0.717, 1.165) is 22.4 Å². The number of hydrogen-bond acceptors (Lipinski definition) is 3. The second-order valence-electron chi connectivity index (χ2n) is 8.35. The highest BCUT2D eigenvalue weighted by atomic mass is 16.2. The molecule has 6 nitrogen and oxygen atoms in total. The third-order valence-corrected chi connectivity index (χ3v) is 5.74. The van der Waals surface area contributed by atoms with Crippen LogP contribution in [0.15, 0.2) is 76.3 Å². The highest BCUT2D eigenvalue weighted by molar-refractivity contribution is 5.94. The van der Waals surface area contributed by atoms with Crippen LogP contribution in [-0.4, -0.2) is 21.6 Å². The molecule has 0 saturated heterocycles. The van der Waals surface area contributed by atoms with Gasteiger partial charge in [0.2, 0.25) is 5.91 Å². The third-order valence-electron chi connectivity index (χ3n) is 5.74. The molecule has 0 aliphatic heterocycles. The van der Waals surface area contributed by atoms with Gasteiger partial charge in [0.05, 0.1) is 16.6 Å². The van der Waals surface area contributed by atoms with E-state index in [1.165, 1.54) is 9.13 Å². The van der Waals surface area contributed by atoms with E-state index in [0.29, 0.717) is 23.1 Å². The summed E-state index contributed by atoms with van der Waals surface area (Å²) < 4.78 is 2.56. The zero-order chi connectivity index (χ0) is 23.7. The van der Waals surface area contributed by atoms with Crippen LogP contribution < -0.4 is 16.1 Å². The van der Waals surface area contributed by atoms with Crippen molar-refractivity contribution in [3.8, 4) is 5.69 Å². The van der Waals surface area contributed by atoms with Crippen LogP contribution in [0, 0.1) is 20.8 Å². The number of hydrogen-bond donors (Lipinski definition) is 0. The van der Waals surface area contributed by atoms with Gasteiger partial charge in [-0.15, -0.1) is 0 Å². The lowest BCUT2D eigenvalue weighted by Crippen LogP contribution is -2.43. The Morgan fingerprint density at radius 2 is 1.55 bits per heavy atom. The molecule has 0 bridgehead atoms. The second kappa shape index (κ2) is 8.90. The lowest BCUT2D eigenvalue weighted by atomic mass is 10.1. The van der Waals surface area contributed by atoms with E-state index in [1.807, 2.05) is 70.2 Å². The van der Waals surface area contributed by atoms with Gasteiger partial charge in [-0.05, 0) is 80.8 Å². The van der Waals surface area contributed by atoms with Crippen LogP contribution in [0.3, 0.4) is 0 Å². The normalized spacial score (nSPS) is 11.0. The Hall–Kier alpha value is -3.93. The molecular weight excluding hydrogens is 414 g/mol. The van der Waals surface area contributed by atoms with E-state index in [1.54, 1.807) is 29.2 Å². The van der Waals surface area contributed by atoms with Crippen LogP contribution in [0.4, 0.5) is 5.69 Å². The predicted octanol–water partition coefficient (Wildman–Crippen LogP) is 4.13. The summed E-state index contributed by atoms with van der Waals surface area (Å²) in [5.41, 5.74) is 3.74. The molecule has 6 heteroatoms. The largest absolute Gasteiger partial charge is 0.336 e. The number of fused-ring (bicyclic) bond motifs is 1. The predicted molar refractivity (Wildman–Crippen MR) is 132 cm³/mol. The molecule has 0 N–H and O–H groups in total. The van der Waals surface area contributed by atoms with E-state index in [4.69, 9.17) is 0 Å². The molecule has 4 aromatic rings. The summed E-state index contributed by atoms with van der Waals surface area (Å²) in [5.74, 6) is -0.221. The van der Waals surface area contributed by atoms with E-state index < -0.39 is 11.2 Å². The number of amides is 1. The van der Waals surface area contributed by atoms with Gasteiger partial charge in [-0.1, -0.05) is 30.3 Å². The summed E-state index contributed by atoms with van der Waals surface area (Å²) >= 11 is 0. The molecule has 1 aromatic heterocycles. The number of anilines is 1. The minimum atomic E-state index is -0.530. The molecular formula is C27H27N3O3. The van der Waals surface area contributed by atoms with Crippen molar-refractivity contribution in [2.75, 3.05) is 11.4 Å². The standard InChI is InChI=1S/C27H27N3O3/c1-5-28(21-10-8-9-18(2)14-21)25(31)17-29-24-12-7-6-11-23(24)26(32)30(27(29)33)22-15-19(3)13-20(4)16-22/h6-16H,5,17H2,1-4H3. The lowest BCUT2D eigenvalue weighted by Gasteiger charge is -2.23. The number of aromatic nitrogens is 2. The Bertz CT molecular complexity index is 1460. The fourth-order valence-corrected chi connectivity index (χ4v) is 4.30. The molecule has 4 rings (SSSR count). The molecule has 0 aliphatic carbocycles. The molecule has 0 saturated carbocycles. The number of benzene rings is 3. The fraction of sp³-hybridized carbons (Fsp3) is 0.222. The van der Waals surface area contributed by atoms with Crippen molar-refractivity contribution in [1.82, 2.24) is 9.13 Å². The summed E-state index contributed by atoms with van der Waals surface area (Å²) in [6, 6.07) is 20.2. The Morgan fingerprint density at radius 3 is 2.21 bits per heavy atom. The molecule has 33 heavy (non-hydrogen) atoms. The van der Waals surface area contributed by atoms with Crippen molar-refractivity contribution in [2.45, 2.75) is 34.2 Å². The molecule has 3 aromatic carbocycles. The highest BCUT2D eigenvalue weighted by Gasteiger charge is 2.20. The molecule has 0 radical (unpaired) electrons. The first-order chi connectivity index (χ1) is 15.8. The lowest BCUT2D eigenvalue weighted by molar-refractivity contribution is -0.119. The Balaban J connectivity index is 1.89. The smallest absolute Gasteiger partial charge is 0.311 e. The van der Waals surface area contributed by atoms with E-state index >= 15 is 0 Å². The molecule has 1 heterocycles. The van der Waals surface area contributed by atoms with Crippen LogP contribution >= 0.6 is 0 Å². The maximum absolute atomic E-state index is 13.6. The SMILES string of the molecule is CCN(C(=O)Cn1c(=O)n(-c2cc(C)cc(C)c2)c(=O)c2ccccc21)c1cccc(C)c1. The van der Waals surface area contributed by atoms with Crippen molar-refractivity contribution in [3.05, 3.63) is 104 Å². The average molecular weight is 442 g/mol. The number of rotatable bonds is 5. The monoisotopic (exact) mass is 441 g/mol. The first-order valence-corrected chi connectivity index (χ1v) is 11.0. The summed E-state index contributed by atoms with van der Waals surface area (Å²) in [5, 5.41) is 0.391. The number of carbonyl (C=O) groups excluding carboxylic acids is 1. The maximum atomic E-state index is 13.6. The maximum Gasteiger partial charge on any atom is 0.336 e. The number of aryl methyl sites for hydroxylation is 3. The van der Waals surface area contributed by atoms with Gasteiger partial charge in [0, 0.05) is 12.2 Å². The molecule has 0 spiro atoms. The van der Waals surface area contributed by atoms with Gasteiger partial charge in [-0.3, -0.25) is 14.2 Å². The van der Waals surface area contributed by atoms with Crippen LogP contribution in [0.1, 0.15) is 23.6 Å². The van der Waals surface area contributed by atoms with Crippen molar-refractivity contribution in [2.24, 2.45) is 0 Å². The van der Waals surface area contributed by atoms with Gasteiger partial charge in [0.25, 0.3) is 5.56 Å². The summed E-state index contributed by atoms with van der Waals surface area (Å²) in [6.07, 6.45) is 0. The van der Waals surface area contributed by atoms with Crippen molar-refractivity contribution in [1.29, 1.82) is 0 Å². The van der Waals surface area contributed by atoms with Gasteiger partial charge >= 0.3 is 5.69 Å². The minimum Gasteiger partial charge on any atom is -0.311 e. The summed E-state index contributed by atoms with van der Waals surface area (Å²) in [6.45, 7) is 8.01. The molecule has 0 aliphatic rings. The van der Waals surface area contributed by atoms with E-state index in [-0.39, 0.29) is 12.5 Å². The number of likely N-dealkylation sites (N-methyl/N-ethyl adjacent to an activating group) is 1. The Morgan fingerprint density at radius 1 is 0.848 bits per heavy atom. The van der Waals surface area contributed by atoms with Crippen LogP contribution in [-0.2, 0) is 11.3 Å². The summed E-state index contributed by atoms with van der Waals surface area (Å²) in [7, 11) is 0. The van der Waals surface area contributed by atoms with Crippen molar-refractivity contribution < 1.29 is 4.79 Å². The Labute approximate surface area is 192 Å². The van der Waals surface area contributed by atoms with Crippen LogP contribution in [0.5, 0.6) is 0 Å². The molecule has 0 fully saturated rings. The number of carbonyl (C=O) groups is 1. The van der Waals surface area contributed by atoms with E-state index in [9.17, 15) is 14.4 Å². The highest BCUT2D eigenvalue weighted by Crippen LogP contribution is 2.18. The van der Waals surface area contributed by atoms with Crippen molar-refractivity contribution in [3.63, 3.8) is 0 Å². The minimum absolute atomic E-state index is 0.174. The Kier molecular flexibility index (Phi) is 6.01.